The predicted molar refractivity (Wildman–Crippen MR) is 108 cm³/mol. The van der Waals surface area contributed by atoms with Crippen LogP contribution in [-0.2, 0) is 19.5 Å². The molecule has 1 aliphatic heterocycles. The molecule has 29 heavy (non-hydrogen) atoms. The van der Waals surface area contributed by atoms with Gasteiger partial charge in [0.1, 0.15) is 11.9 Å². The van der Waals surface area contributed by atoms with E-state index in [1.807, 2.05) is 6.20 Å². The van der Waals surface area contributed by atoms with E-state index in [0.29, 0.717) is 40.5 Å². The second kappa shape index (κ2) is 7.35. The predicted octanol–water partition coefficient (Wildman–Crippen LogP) is 3.25. The average molecular weight is 406 g/mol. The van der Waals surface area contributed by atoms with Crippen LogP contribution in [0, 0.1) is 0 Å². The summed E-state index contributed by atoms with van der Waals surface area (Å²) in [5.74, 6) is 0.629. The Hall–Kier alpha value is -3.16. The number of aromatic nitrogens is 4. The number of nitrogens with zero attached hydrogens (tertiary/aromatic N) is 5. The fourth-order valence-electron chi connectivity index (χ4n) is 3.56. The van der Waals surface area contributed by atoms with E-state index in [-0.39, 0.29) is 5.43 Å². The highest BCUT2D eigenvalue weighted by atomic mass is 35.5. The molecule has 0 bridgehead atoms. The highest BCUT2D eigenvalue weighted by Crippen LogP contribution is 2.22. The lowest BCUT2D eigenvalue weighted by Crippen LogP contribution is -2.32. The van der Waals surface area contributed by atoms with E-state index in [0.717, 1.165) is 29.8 Å². The Balaban J connectivity index is 1.38. The van der Waals surface area contributed by atoms with Gasteiger partial charge in [-0.25, -0.2) is 19.9 Å². The molecular weight excluding hydrogens is 390 g/mol. The first kappa shape index (κ1) is 17.9. The first-order chi connectivity index (χ1) is 14.2. The van der Waals surface area contributed by atoms with Crippen molar-refractivity contribution >= 4 is 22.6 Å². The molecule has 5 rings (SSSR count). The zero-order valence-electron chi connectivity index (χ0n) is 15.4. The van der Waals surface area contributed by atoms with Gasteiger partial charge in [-0.3, -0.25) is 9.69 Å². The number of benzene rings is 1. The Morgan fingerprint density at radius 1 is 1.17 bits per heavy atom. The van der Waals surface area contributed by atoms with Crippen LogP contribution < -0.4 is 5.43 Å². The highest BCUT2D eigenvalue weighted by Gasteiger charge is 2.20. The molecule has 4 aromatic rings. The first-order valence-corrected chi connectivity index (χ1v) is 9.57. The lowest BCUT2D eigenvalue weighted by Gasteiger charge is -2.27. The third-order valence-electron chi connectivity index (χ3n) is 5.03. The molecular formula is C21H16ClN5O2. The van der Waals surface area contributed by atoms with Crippen molar-refractivity contribution in [3.8, 4) is 11.4 Å². The molecule has 7 nitrogen and oxygen atoms in total. The molecule has 0 unspecified atom stereocenters. The zero-order chi connectivity index (χ0) is 19.8. The van der Waals surface area contributed by atoms with Gasteiger partial charge in [-0.15, -0.1) is 0 Å². The van der Waals surface area contributed by atoms with Crippen LogP contribution in [0.4, 0.5) is 0 Å². The maximum atomic E-state index is 12.8. The number of rotatable bonds is 3. The van der Waals surface area contributed by atoms with Crippen molar-refractivity contribution in [1.29, 1.82) is 0 Å². The average Bonchev–Trinajstić information content (AvgIpc) is 2.76. The fraction of sp³-hybridized carbons (Fsp3) is 0.190. The number of hydrogen-bond donors (Lipinski definition) is 0. The summed E-state index contributed by atoms with van der Waals surface area (Å²) in [5, 5.41) is 1.02. The van der Waals surface area contributed by atoms with Crippen LogP contribution in [0.15, 0.2) is 58.6 Å². The monoisotopic (exact) mass is 405 g/mol. The molecule has 1 aromatic carbocycles. The summed E-state index contributed by atoms with van der Waals surface area (Å²) >= 11 is 6.04. The Morgan fingerprint density at radius 2 is 2.03 bits per heavy atom. The standard InChI is InChI=1S/C21H16ClN5O2/c22-16-1-2-19-17(5-16)20(28)15(11-29-19)10-27-4-3-18-14(9-27)8-25-21(26-18)13-6-23-12-24-7-13/h1-2,5-8,11-12H,3-4,9-10H2. The number of halogens is 1. The van der Waals surface area contributed by atoms with E-state index in [9.17, 15) is 4.79 Å². The van der Waals surface area contributed by atoms with Gasteiger partial charge in [0.05, 0.1) is 22.9 Å². The maximum Gasteiger partial charge on any atom is 0.197 e. The van der Waals surface area contributed by atoms with Crippen molar-refractivity contribution in [2.45, 2.75) is 19.5 Å². The summed E-state index contributed by atoms with van der Waals surface area (Å²) in [6, 6.07) is 5.08. The summed E-state index contributed by atoms with van der Waals surface area (Å²) in [4.78, 5) is 32.2. The maximum absolute atomic E-state index is 12.8. The summed E-state index contributed by atoms with van der Waals surface area (Å²) in [6.45, 7) is 1.97. The van der Waals surface area contributed by atoms with Crippen molar-refractivity contribution in [2.75, 3.05) is 6.54 Å². The van der Waals surface area contributed by atoms with Crippen LogP contribution in [0.5, 0.6) is 0 Å². The van der Waals surface area contributed by atoms with Gasteiger partial charge in [0.15, 0.2) is 11.3 Å². The van der Waals surface area contributed by atoms with E-state index < -0.39 is 0 Å². The molecule has 0 fully saturated rings. The largest absolute Gasteiger partial charge is 0.464 e. The second-order valence-electron chi connectivity index (χ2n) is 6.98. The molecule has 0 amide bonds. The minimum Gasteiger partial charge on any atom is -0.464 e. The van der Waals surface area contributed by atoms with Crippen LogP contribution in [0.1, 0.15) is 16.8 Å². The van der Waals surface area contributed by atoms with Crippen LogP contribution in [0.3, 0.4) is 0 Å². The quantitative estimate of drug-likeness (QED) is 0.517. The van der Waals surface area contributed by atoms with E-state index in [1.165, 1.54) is 6.33 Å². The van der Waals surface area contributed by atoms with Gasteiger partial charge >= 0.3 is 0 Å². The van der Waals surface area contributed by atoms with Gasteiger partial charge in [0.2, 0.25) is 0 Å². The third-order valence-corrected chi connectivity index (χ3v) is 5.27. The Kier molecular flexibility index (Phi) is 4.54. The van der Waals surface area contributed by atoms with E-state index in [2.05, 4.69) is 24.8 Å². The fourth-order valence-corrected chi connectivity index (χ4v) is 3.73. The molecule has 1 aliphatic rings. The van der Waals surface area contributed by atoms with Crippen molar-refractivity contribution < 1.29 is 4.42 Å². The molecule has 144 valence electrons. The Morgan fingerprint density at radius 3 is 2.90 bits per heavy atom. The number of hydrogen-bond acceptors (Lipinski definition) is 7. The Bertz CT molecular complexity index is 1260. The lowest BCUT2D eigenvalue weighted by molar-refractivity contribution is 0.240. The summed E-state index contributed by atoms with van der Waals surface area (Å²) < 4.78 is 5.63. The minimum atomic E-state index is -0.0461. The molecule has 0 N–H and O–H groups in total. The molecule has 0 saturated carbocycles. The molecule has 0 atom stereocenters. The molecule has 0 saturated heterocycles. The van der Waals surface area contributed by atoms with Gasteiger partial charge in [-0.05, 0) is 18.2 Å². The molecule has 0 aliphatic carbocycles. The van der Waals surface area contributed by atoms with Crippen LogP contribution in [-0.4, -0.2) is 31.4 Å². The summed E-state index contributed by atoms with van der Waals surface area (Å²) in [6.07, 6.45) is 9.06. The lowest BCUT2D eigenvalue weighted by atomic mass is 10.1. The van der Waals surface area contributed by atoms with Gasteiger partial charge in [-0.2, -0.15) is 0 Å². The summed E-state index contributed by atoms with van der Waals surface area (Å²) in [7, 11) is 0. The Labute approximate surface area is 171 Å². The van der Waals surface area contributed by atoms with Crippen LogP contribution in [0.2, 0.25) is 5.02 Å². The SMILES string of the molecule is O=c1c(CN2CCc3nc(-c4cncnc4)ncc3C2)coc2ccc(Cl)cc12. The van der Waals surface area contributed by atoms with E-state index >= 15 is 0 Å². The smallest absolute Gasteiger partial charge is 0.197 e. The van der Waals surface area contributed by atoms with Gasteiger partial charge in [-0.1, -0.05) is 11.6 Å². The molecule has 0 radical (unpaired) electrons. The van der Waals surface area contributed by atoms with Crippen LogP contribution >= 0.6 is 11.6 Å². The minimum absolute atomic E-state index is 0.0461. The van der Waals surface area contributed by atoms with Crippen molar-refractivity contribution in [3.05, 3.63) is 81.4 Å². The summed E-state index contributed by atoms with van der Waals surface area (Å²) in [5.41, 5.74) is 3.98. The van der Waals surface area contributed by atoms with Gasteiger partial charge in [0.25, 0.3) is 0 Å². The normalized spacial score (nSPS) is 14.1. The first-order valence-electron chi connectivity index (χ1n) is 9.20. The number of fused-ring (bicyclic) bond motifs is 2. The topological polar surface area (TPSA) is 85.0 Å². The second-order valence-corrected chi connectivity index (χ2v) is 7.42. The van der Waals surface area contributed by atoms with E-state index in [4.69, 9.17) is 16.0 Å². The highest BCUT2D eigenvalue weighted by molar-refractivity contribution is 6.31. The van der Waals surface area contributed by atoms with Gasteiger partial charge in [0, 0.05) is 60.8 Å². The van der Waals surface area contributed by atoms with E-state index in [1.54, 1.807) is 36.9 Å². The van der Waals surface area contributed by atoms with Crippen LogP contribution in [0.25, 0.3) is 22.4 Å². The zero-order valence-corrected chi connectivity index (χ0v) is 16.1. The molecule has 3 aromatic heterocycles. The molecule has 8 heteroatoms. The molecule has 4 heterocycles. The third kappa shape index (κ3) is 3.50. The molecule has 0 spiro atoms. The van der Waals surface area contributed by atoms with Crippen molar-refractivity contribution in [1.82, 2.24) is 24.8 Å². The van der Waals surface area contributed by atoms with Crippen molar-refractivity contribution in [2.24, 2.45) is 0 Å². The van der Waals surface area contributed by atoms with Gasteiger partial charge < -0.3 is 4.42 Å². The van der Waals surface area contributed by atoms with Crippen molar-refractivity contribution in [3.63, 3.8) is 0 Å².